The zero-order chi connectivity index (χ0) is 25.2. The minimum Gasteiger partial charge on any atom is -0.486 e. The van der Waals surface area contributed by atoms with Gasteiger partial charge in [-0.3, -0.25) is 9.59 Å². The first-order valence-electron chi connectivity index (χ1n) is 12.7. The molecule has 3 aromatic carbocycles. The summed E-state index contributed by atoms with van der Waals surface area (Å²) in [6, 6.07) is 24.9. The first kappa shape index (κ1) is 25.3. The van der Waals surface area contributed by atoms with Crippen LogP contribution < -0.4 is 14.8 Å². The summed E-state index contributed by atoms with van der Waals surface area (Å²) in [4.78, 5) is 28.8. The minimum absolute atomic E-state index is 0.0543. The van der Waals surface area contributed by atoms with Crippen LogP contribution in [0.1, 0.15) is 36.5 Å². The van der Waals surface area contributed by atoms with Crippen LogP contribution in [0, 0.1) is 0 Å². The third-order valence-electron chi connectivity index (χ3n) is 6.25. The zero-order valence-electron chi connectivity index (χ0n) is 20.8. The van der Waals surface area contributed by atoms with E-state index >= 15 is 0 Å². The van der Waals surface area contributed by atoms with E-state index in [-0.39, 0.29) is 11.8 Å². The van der Waals surface area contributed by atoms with Gasteiger partial charge in [0, 0.05) is 25.9 Å². The molecule has 188 valence electrons. The van der Waals surface area contributed by atoms with Crippen LogP contribution in [-0.2, 0) is 29.0 Å². The van der Waals surface area contributed by atoms with Crippen LogP contribution in [0.2, 0.25) is 0 Å². The lowest BCUT2D eigenvalue weighted by Crippen LogP contribution is -2.50. The molecule has 0 aromatic heterocycles. The SMILES string of the molecule is CCCNC(=O)[C@@H](Cc1ccccc1)N(Cc1ccccc1)C(=O)CCc1ccc2c(c1)OCCO2. The molecule has 0 radical (unpaired) electrons. The Labute approximate surface area is 213 Å². The highest BCUT2D eigenvalue weighted by atomic mass is 16.6. The predicted octanol–water partition coefficient (Wildman–Crippen LogP) is 4.56. The second-order valence-corrected chi connectivity index (χ2v) is 8.98. The van der Waals surface area contributed by atoms with Crippen molar-refractivity contribution >= 4 is 11.8 Å². The Kier molecular flexibility index (Phi) is 8.98. The van der Waals surface area contributed by atoms with E-state index in [1.54, 1.807) is 4.90 Å². The van der Waals surface area contributed by atoms with Gasteiger partial charge in [0.15, 0.2) is 11.5 Å². The van der Waals surface area contributed by atoms with Crippen molar-refractivity contribution in [3.63, 3.8) is 0 Å². The highest BCUT2D eigenvalue weighted by Gasteiger charge is 2.30. The number of fused-ring (bicyclic) bond motifs is 1. The molecular weight excluding hydrogens is 452 g/mol. The maximum Gasteiger partial charge on any atom is 0.243 e. The van der Waals surface area contributed by atoms with Crippen LogP contribution in [0.4, 0.5) is 0 Å². The number of carbonyl (C=O) groups is 2. The fourth-order valence-corrected chi connectivity index (χ4v) is 4.34. The highest BCUT2D eigenvalue weighted by Crippen LogP contribution is 2.31. The summed E-state index contributed by atoms with van der Waals surface area (Å²) in [5.41, 5.74) is 3.01. The normalized spacial score (nSPS) is 13.0. The number of rotatable bonds is 11. The van der Waals surface area contributed by atoms with Crippen LogP contribution in [0.15, 0.2) is 78.9 Å². The number of nitrogens with one attached hydrogen (secondary N) is 1. The number of aryl methyl sites for hydroxylation is 1. The standard InChI is InChI=1S/C30H34N2O4/c1-2-17-31-30(34)26(20-23-9-5-3-6-10-23)32(22-25-11-7-4-8-12-25)29(33)16-14-24-13-15-27-28(21-24)36-19-18-35-27/h3-13,15,21,26H,2,14,16-20,22H2,1H3,(H,31,34)/t26-/m1/s1. The molecule has 1 heterocycles. The van der Waals surface area contributed by atoms with E-state index in [0.29, 0.717) is 51.3 Å². The molecule has 6 heteroatoms. The van der Waals surface area contributed by atoms with Crippen LogP contribution in [0.25, 0.3) is 0 Å². The molecule has 36 heavy (non-hydrogen) atoms. The van der Waals surface area contributed by atoms with Gasteiger partial charge in [0.25, 0.3) is 0 Å². The molecule has 0 spiro atoms. The quantitative estimate of drug-likeness (QED) is 0.432. The summed E-state index contributed by atoms with van der Waals surface area (Å²) >= 11 is 0. The number of hydrogen-bond donors (Lipinski definition) is 1. The Bertz CT molecular complexity index is 1130. The molecule has 0 bridgehead atoms. The monoisotopic (exact) mass is 486 g/mol. The Morgan fingerprint density at radius 3 is 2.22 bits per heavy atom. The summed E-state index contributed by atoms with van der Waals surface area (Å²) in [6.45, 7) is 4.04. The molecule has 1 N–H and O–H groups in total. The lowest BCUT2D eigenvalue weighted by molar-refractivity contribution is -0.141. The molecule has 1 atom stereocenters. The summed E-state index contributed by atoms with van der Waals surface area (Å²) in [6.07, 6.45) is 2.13. The van der Waals surface area contributed by atoms with Crippen molar-refractivity contribution in [2.45, 2.75) is 45.2 Å². The van der Waals surface area contributed by atoms with Crippen molar-refractivity contribution < 1.29 is 19.1 Å². The van der Waals surface area contributed by atoms with Gasteiger partial charge in [-0.05, 0) is 41.7 Å². The highest BCUT2D eigenvalue weighted by molar-refractivity contribution is 5.88. The van der Waals surface area contributed by atoms with E-state index in [4.69, 9.17) is 9.47 Å². The van der Waals surface area contributed by atoms with Gasteiger partial charge in [-0.25, -0.2) is 0 Å². The van der Waals surface area contributed by atoms with Gasteiger partial charge in [0.05, 0.1) is 0 Å². The van der Waals surface area contributed by atoms with E-state index in [0.717, 1.165) is 28.9 Å². The Hall–Kier alpha value is -3.80. The largest absolute Gasteiger partial charge is 0.486 e. The second-order valence-electron chi connectivity index (χ2n) is 8.98. The van der Waals surface area contributed by atoms with Gasteiger partial charge < -0.3 is 19.7 Å². The van der Waals surface area contributed by atoms with Crippen LogP contribution in [0.3, 0.4) is 0 Å². The summed E-state index contributed by atoms with van der Waals surface area (Å²) in [5, 5.41) is 3.02. The predicted molar refractivity (Wildman–Crippen MR) is 140 cm³/mol. The molecule has 1 aliphatic heterocycles. The van der Waals surface area contributed by atoms with Crippen LogP contribution >= 0.6 is 0 Å². The zero-order valence-corrected chi connectivity index (χ0v) is 20.8. The molecule has 0 saturated carbocycles. The molecule has 0 aliphatic carbocycles. The fraction of sp³-hybridized carbons (Fsp3) is 0.333. The van der Waals surface area contributed by atoms with E-state index in [9.17, 15) is 9.59 Å². The van der Waals surface area contributed by atoms with Gasteiger partial charge in [0.1, 0.15) is 19.3 Å². The lowest BCUT2D eigenvalue weighted by Gasteiger charge is -2.31. The topological polar surface area (TPSA) is 67.9 Å². The van der Waals surface area contributed by atoms with Crippen LogP contribution in [-0.4, -0.2) is 42.5 Å². The average molecular weight is 487 g/mol. The maximum atomic E-state index is 13.7. The molecule has 0 unspecified atom stereocenters. The summed E-state index contributed by atoms with van der Waals surface area (Å²) in [5.74, 6) is 1.27. The Morgan fingerprint density at radius 2 is 1.53 bits per heavy atom. The van der Waals surface area contributed by atoms with Gasteiger partial charge in [-0.1, -0.05) is 73.7 Å². The van der Waals surface area contributed by atoms with Gasteiger partial charge in [0.2, 0.25) is 11.8 Å². The molecular formula is C30H34N2O4. The number of hydrogen-bond acceptors (Lipinski definition) is 4. The van der Waals surface area contributed by atoms with E-state index < -0.39 is 6.04 Å². The molecule has 3 aromatic rings. The third-order valence-corrected chi connectivity index (χ3v) is 6.25. The van der Waals surface area contributed by atoms with Gasteiger partial charge >= 0.3 is 0 Å². The van der Waals surface area contributed by atoms with Crippen molar-refractivity contribution in [1.29, 1.82) is 0 Å². The van der Waals surface area contributed by atoms with Gasteiger partial charge in [-0.15, -0.1) is 0 Å². The number of carbonyl (C=O) groups excluding carboxylic acids is 2. The Morgan fingerprint density at radius 1 is 0.861 bits per heavy atom. The fourth-order valence-electron chi connectivity index (χ4n) is 4.34. The number of ether oxygens (including phenoxy) is 2. The number of nitrogens with zero attached hydrogens (tertiary/aromatic N) is 1. The molecule has 4 rings (SSSR count). The van der Waals surface area contributed by atoms with Crippen molar-refractivity contribution in [1.82, 2.24) is 10.2 Å². The Balaban J connectivity index is 1.56. The number of benzene rings is 3. The first-order chi connectivity index (χ1) is 17.6. The number of amides is 2. The first-order valence-corrected chi connectivity index (χ1v) is 12.7. The van der Waals surface area contributed by atoms with Crippen molar-refractivity contribution in [3.8, 4) is 11.5 Å². The summed E-state index contributed by atoms with van der Waals surface area (Å²) in [7, 11) is 0. The van der Waals surface area contributed by atoms with E-state index in [2.05, 4.69) is 5.32 Å². The van der Waals surface area contributed by atoms with Gasteiger partial charge in [-0.2, -0.15) is 0 Å². The smallest absolute Gasteiger partial charge is 0.243 e. The molecule has 1 aliphatic rings. The maximum absolute atomic E-state index is 13.7. The van der Waals surface area contributed by atoms with Crippen molar-refractivity contribution in [2.75, 3.05) is 19.8 Å². The third kappa shape index (κ3) is 6.87. The average Bonchev–Trinajstić information content (AvgIpc) is 2.93. The lowest BCUT2D eigenvalue weighted by atomic mass is 10.0. The van der Waals surface area contributed by atoms with E-state index in [1.807, 2.05) is 85.8 Å². The molecule has 0 fully saturated rings. The van der Waals surface area contributed by atoms with Crippen molar-refractivity contribution in [3.05, 3.63) is 95.6 Å². The molecule has 2 amide bonds. The second kappa shape index (κ2) is 12.8. The molecule has 0 saturated heterocycles. The van der Waals surface area contributed by atoms with Crippen molar-refractivity contribution in [2.24, 2.45) is 0 Å². The van der Waals surface area contributed by atoms with Crippen LogP contribution in [0.5, 0.6) is 11.5 Å². The molecule has 6 nitrogen and oxygen atoms in total. The minimum atomic E-state index is -0.605. The summed E-state index contributed by atoms with van der Waals surface area (Å²) < 4.78 is 11.3. The van der Waals surface area contributed by atoms with E-state index in [1.165, 1.54) is 0 Å².